The van der Waals surface area contributed by atoms with Crippen LogP contribution in [0.2, 0.25) is 0 Å². The number of anilines is 1. The number of nitrogens with one attached hydrogen (secondary N) is 1. The van der Waals surface area contributed by atoms with E-state index in [0.29, 0.717) is 11.5 Å². The van der Waals surface area contributed by atoms with Crippen molar-refractivity contribution in [2.24, 2.45) is 11.3 Å². The van der Waals surface area contributed by atoms with E-state index in [0.717, 1.165) is 49.2 Å². The van der Waals surface area contributed by atoms with Crippen LogP contribution < -0.4 is 5.32 Å². The van der Waals surface area contributed by atoms with E-state index in [1.165, 1.54) is 16.9 Å². The van der Waals surface area contributed by atoms with Gasteiger partial charge in [0, 0.05) is 23.0 Å². The van der Waals surface area contributed by atoms with Gasteiger partial charge in [-0.25, -0.2) is 0 Å². The Hall–Kier alpha value is -2.14. The number of fused-ring (bicyclic) bond motifs is 1. The lowest BCUT2D eigenvalue weighted by Gasteiger charge is -2.35. The minimum Gasteiger partial charge on any atom is -0.336 e. The molecule has 1 aromatic heterocycles. The number of benzene rings is 1. The Morgan fingerprint density at radius 2 is 1.84 bits per heavy atom. The number of nitrogens with zero attached hydrogens (tertiary/aromatic N) is 1. The molecule has 1 fully saturated rings. The second-order valence-corrected chi connectivity index (χ2v) is 11.3. The van der Waals surface area contributed by atoms with Crippen molar-refractivity contribution >= 4 is 28.2 Å². The van der Waals surface area contributed by atoms with Gasteiger partial charge in [0.1, 0.15) is 5.00 Å². The van der Waals surface area contributed by atoms with Gasteiger partial charge in [-0.05, 0) is 74.5 Å². The molecule has 1 aliphatic carbocycles. The first-order valence-corrected chi connectivity index (χ1v) is 12.4. The summed E-state index contributed by atoms with van der Waals surface area (Å²) in [6.45, 7) is 9.86. The summed E-state index contributed by atoms with van der Waals surface area (Å²) in [6, 6.07) is 9.51. The molecule has 31 heavy (non-hydrogen) atoms. The molecule has 4 rings (SSSR count). The number of hydrogen-bond donors (Lipinski definition) is 1. The fraction of sp³-hybridized carbons (Fsp3) is 0.538. The Morgan fingerprint density at radius 3 is 2.52 bits per heavy atom. The minimum atomic E-state index is -0.146. The van der Waals surface area contributed by atoms with Gasteiger partial charge in [0.25, 0.3) is 11.8 Å². The standard InChI is InChI=1S/C26H34N2O2S/c1-17-10-8-9-15-28(17)25(30)22-20-14-13-19(26(2,3)4)16-21(20)31-24(22)27-23(29)18-11-6-5-7-12-18/h5-7,11-12,17,19H,8-10,13-16H2,1-4H3,(H,27,29)/t17-,19+/m0/s1. The average molecular weight is 439 g/mol. The first kappa shape index (κ1) is 22.1. The molecule has 2 aromatic rings. The molecule has 2 aliphatic rings. The highest BCUT2D eigenvalue weighted by Gasteiger charge is 2.36. The summed E-state index contributed by atoms with van der Waals surface area (Å²) in [4.78, 5) is 30.0. The summed E-state index contributed by atoms with van der Waals surface area (Å²) < 4.78 is 0. The number of thiophene rings is 1. The average Bonchev–Trinajstić information content (AvgIpc) is 3.10. The third-order valence-electron chi connectivity index (χ3n) is 7.03. The number of carbonyl (C=O) groups excluding carboxylic acids is 2. The molecule has 1 aromatic carbocycles. The second kappa shape index (κ2) is 8.78. The Labute approximate surface area is 190 Å². The van der Waals surface area contributed by atoms with Crippen molar-refractivity contribution in [1.29, 1.82) is 0 Å². The van der Waals surface area contributed by atoms with E-state index in [2.05, 4.69) is 33.0 Å². The van der Waals surface area contributed by atoms with Gasteiger partial charge in [-0.2, -0.15) is 0 Å². The van der Waals surface area contributed by atoms with Crippen molar-refractivity contribution in [2.45, 2.75) is 72.3 Å². The smallest absolute Gasteiger partial charge is 0.257 e. The molecule has 2 atom stereocenters. The lowest BCUT2D eigenvalue weighted by Crippen LogP contribution is -2.42. The molecular weight excluding hydrogens is 404 g/mol. The molecule has 0 spiro atoms. The normalized spacial score (nSPS) is 21.5. The zero-order valence-corrected chi connectivity index (χ0v) is 20.0. The molecule has 0 saturated carbocycles. The molecule has 5 heteroatoms. The van der Waals surface area contributed by atoms with Crippen molar-refractivity contribution in [2.75, 3.05) is 11.9 Å². The molecule has 0 radical (unpaired) electrons. The van der Waals surface area contributed by atoms with E-state index in [4.69, 9.17) is 0 Å². The predicted molar refractivity (Wildman–Crippen MR) is 128 cm³/mol. The molecule has 1 N–H and O–H groups in total. The van der Waals surface area contributed by atoms with E-state index in [-0.39, 0.29) is 23.3 Å². The van der Waals surface area contributed by atoms with Crippen LogP contribution in [0.1, 0.15) is 84.5 Å². The van der Waals surface area contributed by atoms with Crippen LogP contribution >= 0.6 is 11.3 Å². The number of piperidine rings is 1. The molecule has 2 amide bonds. The zero-order valence-electron chi connectivity index (χ0n) is 19.2. The monoisotopic (exact) mass is 438 g/mol. The third kappa shape index (κ3) is 4.57. The fourth-order valence-corrected chi connectivity index (χ4v) is 6.26. The van der Waals surface area contributed by atoms with Crippen molar-refractivity contribution in [3.05, 3.63) is 51.9 Å². The quantitative estimate of drug-likeness (QED) is 0.623. The highest BCUT2D eigenvalue weighted by atomic mass is 32.1. The molecular formula is C26H34N2O2S. The minimum absolute atomic E-state index is 0.0993. The summed E-state index contributed by atoms with van der Waals surface area (Å²) in [6.07, 6.45) is 6.28. The van der Waals surface area contributed by atoms with E-state index in [1.807, 2.05) is 35.2 Å². The van der Waals surface area contributed by atoms with Crippen molar-refractivity contribution < 1.29 is 9.59 Å². The number of carbonyl (C=O) groups is 2. The van der Waals surface area contributed by atoms with Crippen LogP contribution in [0.15, 0.2) is 30.3 Å². The maximum atomic E-state index is 13.7. The zero-order chi connectivity index (χ0) is 22.2. The van der Waals surface area contributed by atoms with E-state index < -0.39 is 0 Å². The predicted octanol–water partition coefficient (Wildman–Crippen LogP) is 6.17. The maximum Gasteiger partial charge on any atom is 0.257 e. The van der Waals surface area contributed by atoms with Crippen molar-refractivity contribution in [1.82, 2.24) is 4.90 Å². The van der Waals surface area contributed by atoms with Gasteiger partial charge in [-0.3, -0.25) is 9.59 Å². The molecule has 1 aliphatic heterocycles. The van der Waals surface area contributed by atoms with Crippen molar-refractivity contribution in [3.63, 3.8) is 0 Å². The molecule has 166 valence electrons. The van der Waals surface area contributed by atoms with Crippen LogP contribution in [0.25, 0.3) is 0 Å². The van der Waals surface area contributed by atoms with Crippen LogP contribution in [-0.2, 0) is 12.8 Å². The second-order valence-electron chi connectivity index (χ2n) is 10.2. The fourth-order valence-electron chi connectivity index (χ4n) is 4.95. The number of likely N-dealkylation sites (tertiary alicyclic amines) is 1. The van der Waals surface area contributed by atoms with Crippen LogP contribution in [0.5, 0.6) is 0 Å². The Bertz CT molecular complexity index is 958. The van der Waals surface area contributed by atoms with E-state index in [9.17, 15) is 9.59 Å². The van der Waals surface area contributed by atoms with E-state index in [1.54, 1.807) is 11.3 Å². The molecule has 1 saturated heterocycles. The van der Waals surface area contributed by atoms with Gasteiger partial charge < -0.3 is 10.2 Å². The molecule has 0 unspecified atom stereocenters. The maximum absolute atomic E-state index is 13.7. The van der Waals surface area contributed by atoms with Crippen molar-refractivity contribution in [3.8, 4) is 0 Å². The number of hydrogen-bond acceptors (Lipinski definition) is 3. The lowest BCUT2D eigenvalue weighted by atomic mass is 9.72. The summed E-state index contributed by atoms with van der Waals surface area (Å²) >= 11 is 1.62. The Morgan fingerprint density at radius 1 is 1.10 bits per heavy atom. The lowest BCUT2D eigenvalue weighted by molar-refractivity contribution is 0.0635. The van der Waals surface area contributed by atoms with Gasteiger partial charge >= 0.3 is 0 Å². The van der Waals surface area contributed by atoms with Crippen LogP contribution in [0, 0.1) is 11.3 Å². The van der Waals surface area contributed by atoms with Gasteiger partial charge in [-0.1, -0.05) is 39.0 Å². The number of rotatable bonds is 3. The SMILES string of the molecule is C[C@H]1CCCCN1C(=O)c1c(NC(=O)c2ccccc2)sc2c1CC[C@@H](C(C)(C)C)C2. The van der Waals surface area contributed by atoms with Crippen LogP contribution in [0.4, 0.5) is 5.00 Å². The van der Waals surface area contributed by atoms with Gasteiger partial charge in [0.2, 0.25) is 0 Å². The molecule has 0 bridgehead atoms. The van der Waals surface area contributed by atoms with Crippen LogP contribution in [-0.4, -0.2) is 29.3 Å². The summed E-state index contributed by atoms with van der Waals surface area (Å²) in [5.74, 6) is 0.544. The molecule has 4 nitrogen and oxygen atoms in total. The molecule has 2 heterocycles. The Balaban J connectivity index is 1.70. The summed E-state index contributed by atoms with van der Waals surface area (Å²) in [7, 11) is 0. The topological polar surface area (TPSA) is 49.4 Å². The summed E-state index contributed by atoms with van der Waals surface area (Å²) in [5.41, 5.74) is 2.79. The van der Waals surface area contributed by atoms with Gasteiger partial charge in [0.15, 0.2) is 0 Å². The third-order valence-corrected chi connectivity index (χ3v) is 8.20. The highest BCUT2D eigenvalue weighted by Crippen LogP contribution is 2.45. The Kier molecular flexibility index (Phi) is 6.25. The number of amides is 2. The first-order valence-electron chi connectivity index (χ1n) is 11.6. The van der Waals surface area contributed by atoms with Gasteiger partial charge in [-0.15, -0.1) is 11.3 Å². The van der Waals surface area contributed by atoms with Crippen LogP contribution in [0.3, 0.4) is 0 Å². The van der Waals surface area contributed by atoms with E-state index >= 15 is 0 Å². The first-order chi connectivity index (χ1) is 14.8. The summed E-state index contributed by atoms with van der Waals surface area (Å²) in [5, 5.41) is 3.84. The van der Waals surface area contributed by atoms with Gasteiger partial charge in [0.05, 0.1) is 5.56 Å². The highest BCUT2D eigenvalue weighted by molar-refractivity contribution is 7.17. The largest absolute Gasteiger partial charge is 0.336 e.